The highest BCUT2D eigenvalue weighted by Gasteiger charge is 2.22. The van der Waals surface area contributed by atoms with Crippen molar-refractivity contribution in [3.05, 3.63) is 53.3 Å². The van der Waals surface area contributed by atoms with Gasteiger partial charge in [0, 0.05) is 37.6 Å². The Morgan fingerprint density at radius 1 is 1.16 bits per heavy atom. The highest BCUT2D eigenvalue weighted by molar-refractivity contribution is 6.32. The molecule has 0 atom stereocenters. The highest BCUT2D eigenvalue weighted by atomic mass is 35.5. The third-order valence-electron chi connectivity index (χ3n) is 4.14. The quantitative estimate of drug-likeness (QED) is 0.901. The summed E-state index contributed by atoms with van der Waals surface area (Å²) in [6.45, 7) is 2.54. The minimum atomic E-state index is -0.376. The predicted octanol–water partition coefficient (Wildman–Crippen LogP) is 3.84. The van der Waals surface area contributed by atoms with Crippen molar-refractivity contribution in [3.8, 4) is 5.75 Å². The highest BCUT2D eigenvalue weighted by Crippen LogP contribution is 2.29. The zero-order chi connectivity index (χ0) is 17.8. The summed E-state index contributed by atoms with van der Waals surface area (Å²) in [6, 6.07) is 11.3. The van der Waals surface area contributed by atoms with Gasteiger partial charge in [-0.05, 0) is 36.4 Å². The van der Waals surface area contributed by atoms with Crippen LogP contribution in [0.1, 0.15) is 0 Å². The Hall–Kier alpha value is -2.47. The predicted molar refractivity (Wildman–Crippen MR) is 97.2 cm³/mol. The summed E-state index contributed by atoms with van der Waals surface area (Å²) in [7, 11) is 1.58. The van der Waals surface area contributed by atoms with Crippen LogP contribution in [0.15, 0.2) is 42.5 Å². The van der Waals surface area contributed by atoms with E-state index in [2.05, 4.69) is 10.2 Å². The van der Waals surface area contributed by atoms with E-state index in [9.17, 15) is 9.18 Å². The number of piperazine rings is 1. The number of hydrogen-bond donors (Lipinski definition) is 1. The maximum atomic E-state index is 13.2. The van der Waals surface area contributed by atoms with E-state index in [-0.39, 0.29) is 11.8 Å². The fourth-order valence-corrected chi connectivity index (χ4v) is 3.04. The fourth-order valence-electron chi connectivity index (χ4n) is 2.79. The maximum Gasteiger partial charge on any atom is 0.321 e. The largest absolute Gasteiger partial charge is 0.495 e. The molecule has 7 heteroatoms. The van der Waals surface area contributed by atoms with Crippen molar-refractivity contribution in [1.29, 1.82) is 0 Å². The molecule has 2 aromatic rings. The fraction of sp³-hybridized carbons (Fsp3) is 0.278. The van der Waals surface area contributed by atoms with Crippen molar-refractivity contribution >= 4 is 29.0 Å². The smallest absolute Gasteiger partial charge is 0.321 e. The van der Waals surface area contributed by atoms with Crippen LogP contribution in [0.4, 0.5) is 20.6 Å². The first-order valence-corrected chi connectivity index (χ1v) is 8.34. The van der Waals surface area contributed by atoms with E-state index in [4.69, 9.17) is 16.3 Å². The average molecular weight is 364 g/mol. The van der Waals surface area contributed by atoms with Gasteiger partial charge in [-0.1, -0.05) is 17.7 Å². The van der Waals surface area contributed by atoms with Crippen LogP contribution in [0.5, 0.6) is 5.75 Å². The summed E-state index contributed by atoms with van der Waals surface area (Å²) in [6.07, 6.45) is 0. The van der Waals surface area contributed by atoms with E-state index < -0.39 is 0 Å². The summed E-state index contributed by atoms with van der Waals surface area (Å²) < 4.78 is 18.4. The Bertz CT molecular complexity index is 764. The number of amides is 2. The number of nitrogens with one attached hydrogen (secondary N) is 1. The lowest BCUT2D eigenvalue weighted by Gasteiger charge is -2.36. The zero-order valence-electron chi connectivity index (χ0n) is 13.8. The van der Waals surface area contributed by atoms with Crippen LogP contribution in [0, 0.1) is 5.82 Å². The number of halogens is 2. The Labute approximate surface area is 150 Å². The molecule has 132 valence electrons. The summed E-state index contributed by atoms with van der Waals surface area (Å²) in [4.78, 5) is 16.2. The summed E-state index contributed by atoms with van der Waals surface area (Å²) in [5, 5.41) is 3.28. The number of nitrogens with zero attached hydrogens (tertiary/aromatic N) is 2. The van der Waals surface area contributed by atoms with E-state index in [0.717, 1.165) is 5.69 Å². The van der Waals surface area contributed by atoms with Gasteiger partial charge in [0.15, 0.2) is 0 Å². The van der Waals surface area contributed by atoms with Crippen LogP contribution in [-0.4, -0.2) is 44.2 Å². The molecule has 0 unspecified atom stereocenters. The molecule has 1 fully saturated rings. The maximum absolute atomic E-state index is 13.2. The van der Waals surface area contributed by atoms with Crippen molar-refractivity contribution in [3.63, 3.8) is 0 Å². The van der Waals surface area contributed by atoms with Crippen molar-refractivity contribution in [2.75, 3.05) is 43.5 Å². The second-order valence-electron chi connectivity index (χ2n) is 5.73. The Morgan fingerprint density at radius 3 is 2.56 bits per heavy atom. The molecule has 1 aliphatic heterocycles. The van der Waals surface area contributed by atoms with Crippen LogP contribution in [0.25, 0.3) is 0 Å². The first kappa shape index (κ1) is 17.4. The number of urea groups is 1. The molecular formula is C18H19ClFN3O2. The topological polar surface area (TPSA) is 44.8 Å². The van der Waals surface area contributed by atoms with Crippen molar-refractivity contribution in [1.82, 2.24) is 4.90 Å². The molecule has 0 aromatic heterocycles. The molecule has 0 aliphatic carbocycles. The third-order valence-corrected chi connectivity index (χ3v) is 4.44. The van der Waals surface area contributed by atoms with E-state index >= 15 is 0 Å². The van der Waals surface area contributed by atoms with Gasteiger partial charge < -0.3 is 19.9 Å². The van der Waals surface area contributed by atoms with Crippen LogP contribution in [-0.2, 0) is 0 Å². The minimum Gasteiger partial charge on any atom is -0.495 e. The molecule has 1 N–H and O–H groups in total. The first-order chi connectivity index (χ1) is 12.1. The van der Waals surface area contributed by atoms with Gasteiger partial charge in [0.25, 0.3) is 0 Å². The van der Waals surface area contributed by atoms with Gasteiger partial charge in [0.05, 0.1) is 12.1 Å². The lowest BCUT2D eigenvalue weighted by atomic mass is 10.2. The van der Waals surface area contributed by atoms with Crippen LogP contribution in [0.3, 0.4) is 0 Å². The van der Waals surface area contributed by atoms with E-state index in [1.807, 2.05) is 18.2 Å². The minimum absolute atomic E-state index is 0.224. The molecule has 0 saturated carbocycles. The third kappa shape index (κ3) is 4.14. The standard InChI is InChI=1S/C18H19ClFN3O2/c1-25-17-6-5-15(12-16(17)19)22-7-9-23(10-8-22)18(24)21-14-4-2-3-13(20)11-14/h2-6,11-12H,7-10H2,1H3,(H,21,24). The van der Waals surface area contributed by atoms with Gasteiger partial charge in [0.2, 0.25) is 0 Å². The molecule has 1 heterocycles. The summed E-state index contributed by atoms with van der Waals surface area (Å²) in [5.74, 6) is 0.262. The number of rotatable bonds is 3. The molecule has 0 radical (unpaired) electrons. The molecule has 5 nitrogen and oxygen atoms in total. The van der Waals surface area contributed by atoms with Crippen molar-refractivity contribution in [2.24, 2.45) is 0 Å². The van der Waals surface area contributed by atoms with E-state index in [0.29, 0.717) is 42.6 Å². The molecule has 2 amide bonds. The number of benzene rings is 2. The first-order valence-electron chi connectivity index (χ1n) is 7.97. The van der Waals surface area contributed by atoms with Crippen LogP contribution >= 0.6 is 11.6 Å². The number of hydrogen-bond acceptors (Lipinski definition) is 3. The summed E-state index contributed by atoms with van der Waals surface area (Å²) >= 11 is 6.17. The molecular weight excluding hydrogens is 345 g/mol. The molecule has 1 saturated heterocycles. The van der Waals surface area contributed by atoms with Gasteiger partial charge in [-0.15, -0.1) is 0 Å². The van der Waals surface area contributed by atoms with Gasteiger partial charge in [-0.3, -0.25) is 0 Å². The van der Waals surface area contributed by atoms with Gasteiger partial charge in [-0.2, -0.15) is 0 Å². The molecule has 2 aromatic carbocycles. The number of ether oxygens (including phenoxy) is 1. The molecule has 3 rings (SSSR count). The Morgan fingerprint density at radius 2 is 1.92 bits per heavy atom. The monoisotopic (exact) mass is 363 g/mol. The SMILES string of the molecule is COc1ccc(N2CCN(C(=O)Nc3cccc(F)c3)CC2)cc1Cl. The van der Waals surface area contributed by atoms with Gasteiger partial charge in [-0.25, -0.2) is 9.18 Å². The lowest BCUT2D eigenvalue weighted by molar-refractivity contribution is 0.208. The van der Waals surface area contributed by atoms with Crippen LogP contribution < -0.4 is 15.0 Å². The number of carbonyl (C=O) groups excluding carboxylic acids is 1. The summed E-state index contributed by atoms with van der Waals surface area (Å²) in [5.41, 5.74) is 1.45. The van der Waals surface area contributed by atoms with Crippen molar-refractivity contribution < 1.29 is 13.9 Å². The second kappa shape index (κ2) is 7.61. The molecule has 0 bridgehead atoms. The Kier molecular flexibility index (Phi) is 5.28. The van der Waals surface area contributed by atoms with Gasteiger partial charge >= 0.3 is 6.03 Å². The number of methoxy groups -OCH3 is 1. The zero-order valence-corrected chi connectivity index (χ0v) is 14.6. The average Bonchev–Trinajstić information content (AvgIpc) is 2.62. The lowest BCUT2D eigenvalue weighted by Crippen LogP contribution is -2.50. The Balaban J connectivity index is 1.58. The van der Waals surface area contributed by atoms with Crippen LogP contribution in [0.2, 0.25) is 5.02 Å². The molecule has 0 spiro atoms. The van der Waals surface area contributed by atoms with Crippen molar-refractivity contribution in [2.45, 2.75) is 0 Å². The van der Waals surface area contributed by atoms with Gasteiger partial charge in [0.1, 0.15) is 11.6 Å². The van der Waals surface area contributed by atoms with E-state index in [1.54, 1.807) is 24.1 Å². The molecule has 25 heavy (non-hydrogen) atoms. The van der Waals surface area contributed by atoms with E-state index in [1.165, 1.54) is 12.1 Å². The normalized spacial score (nSPS) is 14.4. The molecule has 1 aliphatic rings. The number of carbonyl (C=O) groups is 1. The number of anilines is 2. The second-order valence-corrected chi connectivity index (χ2v) is 6.14.